The number of primary amides is 1. The number of hydrogen-bond acceptors (Lipinski definition) is 5. The number of amides is 1. The number of rotatable bonds is 4. The SMILES string of the molecule is NC(=O)c1cc(NC2COCC2C(=O)O)ccn1. The van der Waals surface area contributed by atoms with Gasteiger partial charge in [-0.25, -0.2) is 0 Å². The molecule has 2 unspecified atom stereocenters. The zero-order chi connectivity index (χ0) is 13.1. The van der Waals surface area contributed by atoms with E-state index in [4.69, 9.17) is 15.6 Å². The highest BCUT2D eigenvalue weighted by Gasteiger charge is 2.33. The van der Waals surface area contributed by atoms with Gasteiger partial charge in [-0.15, -0.1) is 0 Å². The van der Waals surface area contributed by atoms with E-state index in [0.29, 0.717) is 12.3 Å². The van der Waals surface area contributed by atoms with Crippen LogP contribution in [0.25, 0.3) is 0 Å². The van der Waals surface area contributed by atoms with E-state index in [1.54, 1.807) is 6.07 Å². The fraction of sp³-hybridized carbons (Fsp3) is 0.364. The van der Waals surface area contributed by atoms with E-state index in [1.165, 1.54) is 12.3 Å². The number of anilines is 1. The number of carboxylic acid groups (broad SMARTS) is 1. The summed E-state index contributed by atoms with van der Waals surface area (Å²) in [6, 6.07) is 2.80. The molecule has 1 aliphatic heterocycles. The molecule has 7 heteroatoms. The summed E-state index contributed by atoms with van der Waals surface area (Å²) >= 11 is 0. The molecule has 1 fully saturated rings. The normalized spacial score (nSPS) is 22.7. The minimum Gasteiger partial charge on any atom is -0.481 e. The van der Waals surface area contributed by atoms with Gasteiger partial charge in [-0.2, -0.15) is 0 Å². The molecular weight excluding hydrogens is 238 g/mol. The monoisotopic (exact) mass is 251 g/mol. The summed E-state index contributed by atoms with van der Waals surface area (Å²) in [5, 5.41) is 12.0. The number of carbonyl (C=O) groups is 2. The lowest BCUT2D eigenvalue weighted by Crippen LogP contribution is -2.33. The summed E-state index contributed by atoms with van der Waals surface area (Å²) in [7, 11) is 0. The van der Waals surface area contributed by atoms with Crippen molar-refractivity contribution in [2.45, 2.75) is 6.04 Å². The van der Waals surface area contributed by atoms with Gasteiger partial charge in [0.1, 0.15) is 11.6 Å². The molecule has 18 heavy (non-hydrogen) atoms. The van der Waals surface area contributed by atoms with E-state index in [0.717, 1.165) is 0 Å². The van der Waals surface area contributed by atoms with Crippen LogP contribution in [0.15, 0.2) is 18.3 Å². The van der Waals surface area contributed by atoms with Crippen LogP contribution in [0.4, 0.5) is 5.69 Å². The molecule has 1 aromatic heterocycles. The first-order valence-corrected chi connectivity index (χ1v) is 5.41. The average molecular weight is 251 g/mol. The summed E-state index contributed by atoms with van der Waals surface area (Å²) in [4.78, 5) is 25.8. The Morgan fingerprint density at radius 3 is 2.94 bits per heavy atom. The molecule has 7 nitrogen and oxygen atoms in total. The molecule has 0 saturated carbocycles. The summed E-state index contributed by atoms with van der Waals surface area (Å²) in [6.07, 6.45) is 1.44. The molecule has 2 rings (SSSR count). The molecule has 1 aliphatic rings. The van der Waals surface area contributed by atoms with Crippen LogP contribution in [0.2, 0.25) is 0 Å². The number of carbonyl (C=O) groups excluding carboxylic acids is 1. The van der Waals surface area contributed by atoms with Crippen LogP contribution < -0.4 is 11.1 Å². The number of ether oxygens (including phenoxy) is 1. The number of aromatic nitrogens is 1. The summed E-state index contributed by atoms with van der Waals surface area (Å²) < 4.78 is 5.13. The second-order valence-electron chi connectivity index (χ2n) is 4.03. The third kappa shape index (κ3) is 2.57. The highest BCUT2D eigenvalue weighted by Crippen LogP contribution is 2.19. The number of nitrogens with zero attached hydrogens (tertiary/aromatic N) is 1. The van der Waals surface area contributed by atoms with Gasteiger partial charge in [0.25, 0.3) is 5.91 Å². The van der Waals surface area contributed by atoms with E-state index in [9.17, 15) is 9.59 Å². The van der Waals surface area contributed by atoms with Crippen molar-refractivity contribution < 1.29 is 19.4 Å². The highest BCUT2D eigenvalue weighted by atomic mass is 16.5. The first-order chi connectivity index (χ1) is 8.58. The van der Waals surface area contributed by atoms with Crippen molar-refractivity contribution in [1.29, 1.82) is 0 Å². The second kappa shape index (κ2) is 5.01. The van der Waals surface area contributed by atoms with Crippen molar-refractivity contribution in [2.24, 2.45) is 11.7 Å². The Balaban J connectivity index is 2.11. The summed E-state index contributed by atoms with van der Waals surface area (Å²) in [6.45, 7) is 0.492. The Labute approximate surface area is 103 Å². The molecule has 2 heterocycles. The summed E-state index contributed by atoms with van der Waals surface area (Å²) in [5.74, 6) is -2.14. The fourth-order valence-corrected chi connectivity index (χ4v) is 1.81. The van der Waals surface area contributed by atoms with Crippen LogP contribution >= 0.6 is 0 Å². The molecule has 1 aromatic rings. The van der Waals surface area contributed by atoms with Crippen molar-refractivity contribution in [3.8, 4) is 0 Å². The number of hydrogen-bond donors (Lipinski definition) is 3. The predicted octanol–water partition coefficient (Wildman–Crippen LogP) is -0.308. The Bertz CT molecular complexity index is 477. The van der Waals surface area contributed by atoms with Gasteiger partial charge in [0, 0.05) is 11.9 Å². The smallest absolute Gasteiger partial charge is 0.311 e. The maximum absolute atomic E-state index is 11.0. The van der Waals surface area contributed by atoms with Gasteiger partial charge in [0.2, 0.25) is 0 Å². The Hall–Kier alpha value is -2.15. The van der Waals surface area contributed by atoms with Crippen molar-refractivity contribution >= 4 is 17.6 Å². The molecule has 96 valence electrons. The van der Waals surface area contributed by atoms with Crippen molar-refractivity contribution in [1.82, 2.24) is 4.98 Å². The van der Waals surface area contributed by atoms with Crippen LogP contribution in [0, 0.1) is 5.92 Å². The quantitative estimate of drug-likeness (QED) is 0.676. The minimum atomic E-state index is -0.908. The van der Waals surface area contributed by atoms with E-state index in [-0.39, 0.29) is 18.3 Å². The van der Waals surface area contributed by atoms with E-state index in [1.807, 2.05) is 0 Å². The van der Waals surface area contributed by atoms with Crippen molar-refractivity contribution in [2.75, 3.05) is 18.5 Å². The average Bonchev–Trinajstić information content (AvgIpc) is 2.77. The Morgan fingerprint density at radius 2 is 2.28 bits per heavy atom. The number of pyridine rings is 1. The molecule has 0 aliphatic carbocycles. The second-order valence-corrected chi connectivity index (χ2v) is 4.03. The van der Waals surface area contributed by atoms with Gasteiger partial charge in [-0.05, 0) is 12.1 Å². The van der Waals surface area contributed by atoms with Crippen molar-refractivity contribution in [3.05, 3.63) is 24.0 Å². The molecule has 0 aromatic carbocycles. The van der Waals surface area contributed by atoms with Crippen LogP contribution in [0.1, 0.15) is 10.5 Å². The minimum absolute atomic E-state index is 0.130. The third-order valence-corrected chi connectivity index (χ3v) is 2.76. The highest BCUT2D eigenvalue weighted by molar-refractivity contribution is 5.91. The molecule has 2 atom stereocenters. The van der Waals surface area contributed by atoms with E-state index >= 15 is 0 Å². The van der Waals surface area contributed by atoms with Crippen molar-refractivity contribution in [3.63, 3.8) is 0 Å². The van der Waals surface area contributed by atoms with Gasteiger partial charge in [0.05, 0.1) is 19.3 Å². The molecule has 1 saturated heterocycles. The maximum Gasteiger partial charge on any atom is 0.311 e. The molecule has 0 spiro atoms. The predicted molar refractivity (Wildman–Crippen MR) is 62.1 cm³/mol. The lowest BCUT2D eigenvalue weighted by Gasteiger charge is -2.17. The van der Waals surface area contributed by atoms with Crippen LogP contribution in [0.5, 0.6) is 0 Å². The number of nitrogens with one attached hydrogen (secondary N) is 1. The van der Waals surface area contributed by atoms with Gasteiger partial charge >= 0.3 is 5.97 Å². The Kier molecular flexibility index (Phi) is 3.42. The molecule has 0 radical (unpaired) electrons. The molecule has 1 amide bonds. The first kappa shape index (κ1) is 12.3. The van der Waals surface area contributed by atoms with Gasteiger partial charge in [-0.3, -0.25) is 14.6 Å². The lowest BCUT2D eigenvalue weighted by molar-refractivity contribution is -0.141. The lowest BCUT2D eigenvalue weighted by atomic mass is 10.0. The number of aliphatic carboxylic acids is 1. The molecular formula is C11H13N3O4. The van der Waals surface area contributed by atoms with Gasteiger partial charge in [0.15, 0.2) is 0 Å². The third-order valence-electron chi connectivity index (χ3n) is 2.76. The zero-order valence-corrected chi connectivity index (χ0v) is 9.50. The van der Waals surface area contributed by atoms with Gasteiger partial charge < -0.3 is 20.9 Å². The first-order valence-electron chi connectivity index (χ1n) is 5.41. The van der Waals surface area contributed by atoms with E-state index in [2.05, 4.69) is 10.3 Å². The Morgan fingerprint density at radius 1 is 1.50 bits per heavy atom. The zero-order valence-electron chi connectivity index (χ0n) is 9.50. The number of carboxylic acids is 1. The van der Waals surface area contributed by atoms with Gasteiger partial charge in [-0.1, -0.05) is 0 Å². The van der Waals surface area contributed by atoms with E-state index < -0.39 is 17.8 Å². The molecule has 0 bridgehead atoms. The maximum atomic E-state index is 11.0. The fourth-order valence-electron chi connectivity index (χ4n) is 1.81. The summed E-state index contributed by atoms with van der Waals surface area (Å²) in [5.41, 5.74) is 5.85. The number of nitrogens with two attached hydrogens (primary N) is 1. The van der Waals surface area contributed by atoms with Crippen LogP contribution in [0.3, 0.4) is 0 Å². The molecule has 4 N–H and O–H groups in total. The van der Waals surface area contributed by atoms with Crippen LogP contribution in [-0.2, 0) is 9.53 Å². The standard InChI is InChI=1S/C11H13N3O4/c12-10(15)8-3-6(1-2-13-8)14-9-5-18-4-7(9)11(16)17/h1-3,7,9H,4-5H2,(H2,12,15)(H,13,14)(H,16,17). The topological polar surface area (TPSA) is 115 Å². The van der Waals surface area contributed by atoms with Crippen LogP contribution in [-0.4, -0.2) is 41.2 Å². The largest absolute Gasteiger partial charge is 0.481 e.